The number of aryl methyl sites for hydroxylation is 1. The second-order valence-corrected chi connectivity index (χ2v) is 4.75. The number of nitrogens with one attached hydrogen (secondary N) is 1. The van der Waals surface area contributed by atoms with Crippen molar-refractivity contribution in [1.29, 1.82) is 0 Å². The molecule has 3 N–H and O–H groups in total. The third kappa shape index (κ3) is 3.35. The highest BCUT2D eigenvalue weighted by molar-refractivity contribution is 5.84. The van der Waals surface area contributed by atoms with Gasteiger partial charge in [0.05, 0.1) is 0 Å². The molecule has 0 saturated heterocycles. The molecule has 102 valence electrons. The fourth-order valence-corrected chi connectivity index (χ4v) is 2.27. The number of carbonyl (C=O) groups excluding carboxylic acids is 1. The third-order valence-electron chi connectivity index (χ3n) is 3.25. The Balaban J connectivity index is 2.19. The topological polar surface area (TPSA) is 60.1 Å². The molecule has 0 spiro atoms. The van der Waals surface area contributed by atoms with Crippen LogP contribution in [0.4, 0.5) is 0 Å². The molecule has 2 rings (SSSR count). The van der Waals surface area contributed by atoms with Crippen LogP contribution in [0.1, 0.15) is 25.3 Å². The minimum absolute atomic E-state index is 0.261. The van der Waals surface area contributed by atoms with Gasteiger partial charge in [0, 0.05) is 36.6 Å². The molecule has 1 aromatic heterocycles. The number of benzene rings is 1. The van der Waals surface area contributed by atoms with Gasteiger partial charge in [-0.2, -0.15) is 0 Å². The molecule has 19 heavy (non-hydrogen) atoms. The fourth-order valence-electron chi connectivity index (χ4n) is 2.27. The number of hydrogen-bond donors (Lipinski definition) is 2. The van der Waals surface area contributed by atoms with Gasteiger partial charge in [-0.1, -0.05) is 19.1 Å². The first-order valence-corrected chi connectivity index (χ1v) is 6.78. The van der Waals surface area contributed by atoms with Gasteiger partial charge < -0.3 is 15.6 Å². The van der Waals surface area contributed by atoms with Crippen molar-refractivity contribution in [2.75, 3.05) is 6.54 Å². The van der Waals surface area contributed by atoms with Crippen molar-refractivity contribution in [2.45, 2.75) is 32.9 Å². The van der Waals surface area contributed by atoms with E-state index in [0.717, 1.165) is 25.0 Å². The number of nitrogens with two attached hydrogens (primary N) is 1. The number of rotatable bonds is 7. The molecule has 2 aromatic rings. The lowest BCUT2D eigenvalue weighted by Crippen LogP contribution is -2.14. The van der Waals surface area contributed by atoms with E-state index >= 15 is 0 Å². The van der Waals surface area contributed by atoms with Gasteiger partial charge in [-0.15, -0.1) is 0 Å². The molecule has 4 heteroatoms. The van der Waals surface area contributed by atoms with Gasteiger partial charge in [-0.3, -0.25) is 4.79 Å². The Morgan fingerprint density at radius 1 is 1.37 bits per heavy atom. The molecule has 0 saturated carbocycles. The van der Waals surface area contributed by atoms with Gasteiger partial charge in [0.15, 0.2) is 0 Å². The SMILES string of the molecule is CCCNCc1cccc2c1ccn2CCC(N)=O. The summed E-state index contributed by atoms with van der Waals surface area (Å²) in [4.78, 5) is 10.9. The monoisotopic (exact) mass is 259 g/mol. The number of fused-ring (bicyclic) bond motifs is 1. The molecule has 0 aliphatic carbocycles. The lowest BCUT2D eigenvalue weighted by Gasteiger charge is -2.07. The van der Waals surface area contributed by atoms with Gasteiger partial charge in [0.2, 0.25) is 5.91 Å². The number of carbonyl (C=O) groups is 1. The Morgan fingerprint density at radius 3 is 2.95 bits per heavy atom. The molecule has 0 atom stereocenters. The summed E-state index contributed by atoms with van der Waals surface area (Å²) in [6.45, 7) is 4.71. The van der Waals surface area contributed by atoms with E-state index in [1.165, 1.54) is 10.9 Å². The molecular formula is C15H21N3O. The smallest absolute Gasteiger partial charge is 0.219 e. The Bertz CT molecular complexity index is 560. The summed E-state index contributed by atoms with van der Waals surface area (Å²) in [5.74, 6) is -0.261. The predicted molar refractivity (Wildman–Crippen MR) is 77.7 cm³/mol. The Labute approximate surface area is 113 Å². The molecule has 4 nitrogen and oxygen atoms in total. The molecule has 0 fully saturated rings. The van der Waals surface area contributed by atoms with Crippen LogP contribution in [0, 0.1) is 0 Å². The molecule has 0 aliphatic heterocycles. The molecule has 1 amide bonds. The summed E-state index contributed by atoms with van der Waals surface area (Å²) in [5, 5.41) is 4.67. The lowest BCUT2D eigenvalue weighted by molar-refractivity contribution is -0.118. The average molecular weight is 259 g/mol. The number of amides is 1. The third-order valence-corrected chi connectivity index (χ3v) is 3.25. The van der Waals surface area contributed by atoms with Crippen molar-refractivity contribution in [3.63, 3.8) is 0 Å². The summed E-state index contributed by atoms with van der Waals surface area (Å²) in [6.07, 6.45) is 3.54. The average Bonchev–Trinajstić information content (AvgIpc) is 2.81. The van der Waals surface area contributed by atoms with E-state index in [9.17, 15) is 4.79 Å². The van der Waals surface area contributed by atoms with Crippen LogP contribution < -0.4 is 11.1 Å². The van der Waals surface area contributed by atoms with Crippen molar-refractivity contribution in [1.82, 2.24) is 9.88 Å². The number of aromatic nitrogens is 1. The van der Waals surface area contributed by atoms with E-state index in [4.69, 9.17) is 5.73 Å². The molecule has 0 radical (unpaired) electrons. The molecule has 0 aliphatic rings. The first-order chi connectivity index (χ1) is 9.22. The largest absolute Gasteiger partial charge is 0.370 e. The summed E-state index contributed by atoms with van der Waals surface area (Å²) < 4.78 is 2.09. The van der Waals surface area contributed by atoms with Crippen LogP contribution in [0.3, 0.4) is 0 Å². The maximum atomic E-state index is 10.9. The maximum absolute atomic E-state index is 10.9. The summed E-state index contributed by atoms with van der Waals surface area (Å²) in [5.41, 5.74) is 7.66. The van der Waals surface area contributed by atoms with E-state index in [-0.39, 0.29) is 5.91 Å². The Kier molecular flexibility index (Phi) is 4.58. The fraction of sp³-hybridized carbons (Fsp3) is 0.400. The highest BCUT2D eigenvalue weighted by Crippen LogP contribution is 2.20. The number of primary amides is 1. The van der Waals surface area contributed by atoms with Crippen LogP contribution in [0.5, 0.6) is 0 Å². The van der Waals surface area contributed by atoms with Crippen molar-refractivity contribution in [3.8, 4) is 0 Å². The predicted octanol–water partition coefficient (Wildman–Crippen LogP) is 2.02. The first-order valence-electron chi connectivity index (χ1n) is 6.78. The van der Waals surface area contributed by atoms with Crippen LogP contribution in [0.15, 0.2) is 30.5 Å². The Morgan fingerprint density at radius 2 is 2.21 bits per heavy atom. The second kappa shape index (κ2) is 6.38. The molecular weight excluding hydrogens is 238 g/mol. The zero-order valence-electron chi connectivity index (χ0n) is 11.4. The molecule has 1 heterocycles. The van der Waals surface area contributed by atoms with E-state index in [1.807, 2.05) is 6.20 Å². The van der Waals surface area contributed by atoms with Gasteiger partial charge >= 0.3 is 0 Å². The van der Waals surface area contributed by atoms with Crippen molar-refractivity contribution >= 4 is 16.8 Å². The van der Waals surface area contributed by atoms with Crippen LogP contribution in [0.25, 0.3) is 10.9 Å². The van der Waals surface area contributed by atoms with E-state index in [0.29, 0.717) is 13.0 Å². The minimum atomic E-state index is -0.261. The van der Waals surface area contributed by atoms with Crippen LogP contribution in [-0.4, -0.2) is 17.0 Å². The van der Waals surface area contributed by atoms with Crippen LogP contribution in [-0.2, 0) is 17.9 Å². The van der Waals surface area contributed by atoms with E-state index in [2.05, 4.69) is 41.1 Å². The molecule has 0 bridgehead atoms. The molecule has 0 unspecified atom stereocenters. The first kappa shape index (κ1) is 13.6. The summed E-state index contributed by atoms with van der Waals surface area (Å²) in [6, 6.07) is 8.40. The lowest BCUT2D eigenvalue weighted by atomic mass is 10.1. The van der Waals surface area contributed by atoms with Crippen LogP contribution >= 0.6 is 0 Å². The highest BCUT2D eigenvalue weighted by atomic mass is 16.1. The second-order valence-electron chi connectivity index (χ2n) is 4.75. The number of nitrogens with zero attached hydrogens (tertiary/aromatic N) is 1. The van der Waals surface area contributed by atoms with Gasteiger partial charge in [-0.05, 0) is 30.7 Å². The van der Waals surface area contributed by atoms with E-state index in [1.54, 1.807) is 0 Å². The zero-order valence-corrected chi connectivity index (χ0v) is 11.4. The van der Waals surface area contributed by atoms with Gasteiger partial charge in [0.25, 0.3) is 0 Å². The highest BCUT2D eigenvalue weighted by Gasteiger charge is 2.06. The zero-order chi connectivity index (χ0) is 13.7. The standard InChI is InChI=1S/C15H21N3O/c1-2-8-17-11-12-4-3-5-14-13(12)6-9-18(14)10-7-15(16)19/h3-6,9,17H,2,7-8,10-11H2,1H3,(H2,16,19). The minimum Gasteiger partial charge on any atom is -0.370 e. The quantitative estimate of drug-likeness (QED) is 0.747. The van der Waals surface area contributed by atoms with Crippen LogP contribution in [0.2, 0.25) is 0 Å². The van der Waals surface area contributed by atoms with Gasteiger partial charge in [-0.25, -0.2) is 0 Å². The normalized spacial score (nSPS) is 11.0. The summed E-state index contributed by atoms with van der Waals surface area (Å²) >= 11 is 0. The van der Waals surface area contributed by atoms with E-state index < -0.39 is 0 Å². The van der Waals surface area contributed by atoms with Gasteiger partial charge in [0.1, 0.15) is 0 Å². The van der Waals surface area contributed by atoms with Crippen molar-refractivity contribution < 1.29 is 4.79 Å². The Hall–Kier alpha value is -1.81. The van der Waals surface area contributed by atoms with Crippen molar-refractivity contribution in [2.24, 2.45) is 5.73 Å². The number of hydrogen-bond acceptors (Lipinski definition) is 2. The maximum Gasteiger partial charge on any atom is 0.219 e. The summed E-state index contributed by atoms with van der Waals surface area (Å²) in [7, 11) is 0. The van der Waals surface area contributed by atoms with Crippen molar-refractivity contribution in [3.05, 3.63) is 36.0 Å². The molecule has 1 aromatic carbocycles.